The molecule has 0 fully saturated rings. The van der Waals surface area contributed by atoms with Crippen LogP contribution in [0.2, 0.25) is 0 Å². The SMILES string of the molecule is C=CCC(C=C)(CC)C(=O)OC(C)(C)C. The summed E-state index contributed by atoms with van der Waals surface area (Å²) in [6, 6.07) is 0. The lowest BCUT2D eigenvalue weighted by atomic mass is 9.82. The number of esters is 1. The molecule has 0 aliphatic carbocycles. The molecular weight excluding hydrogens is 188 g/mol. The lowest BCUT2D eigenvalue weighted by Gasteiger charge is -2.30. The molecule has 0 heterocycles. The minimum atomic E-state index is -0.616. The minimum absolute atomic E-state index is 0.215. The standard InChI is InChI=1S/C13H22O2/c1-7-10-13(8-2,9-3)11(14)15-12(4,5)6/h7-8H,1-2,9-10H2,3-6H3. The summed E-state index contributed by atoms with van der Waals surface area (Å²) in [5.41, 5.74) is -1.07. The summed E-state index contributed by atoms with van der Waals surface area (Å²) in [6.07, 6.45) is 4.65. The summed E-state index contributed by atoms with van der Waals surface area (Å²) in [7, 11) is 0. The molecule has 0 aliphatic rings. The second-order valence-electron chi connectivity index (χ2n) is 4.71. The third-order valence-corrected chi connectivity index (χ3v) is 2.34. The fourth-order valence-corrected chi connectivity index (χ4v) is 1.32. The van der Waals surface area contributed by atoms with Crippen molar-refractivity contribution < 1.29 is 9.53 Å². The van der Waals surface area contributed by atoms with E-state index in [0.29, 0.717) is 12.8 Å². The van der Waals surface area contributed by atoms with Crippen LogP contribution in [0.5, 0.6) is 0 Å². The first-order valence-corrected chi connectivity index (χ1v) is 5.29. The van der Waals surface area contributed by atoms with Gasteiger partial charge in [-0.05, 0) is 33.6 Å². The Hall–Kier alpha value is -1.05. The normalized spacial score (nSPS) is 15.2. The third-order valence-electron chi connectivity index (χ3n) is 2.34. The Labute approximate surface area is 93.0 Å². The van der Waals surface area contributed by atoms with E-state index in [2.05, 4.69) is 13.2 Å². The maximum absolute atomic E-state index is 12.0. The molecule has 1 unspecified atom stereocenters. The molecule has 0 saturated carbocycles. The molecule has 0 bridgehead atoms. The lowest BCUT2D eigenvalue weighted by Crippen LogP contribution is -2.35. The van der Waals surface area contributed by atoms with E-state index in [0.717, 1.165) is 0 Å². The molecule has 2 nitrogen and oxygen atoms in total. The summed E-state index contributed by atoms with van der Waals surface area (Å²) < 4.78 is 5.38. The fourth-order valence-electron chi connectivity index (χ4n) is 1.32. The molecule has 0 rings (SSSR count). The van der Waals surface area contributed by atoms with Crippen molar-refractivity contribution in [3.63, 3.8) is 0 Å². The number of carbonyl (C=O) groups is 1. The van der Waals surface area contributed by atoms with E-state index in [1.807, 2.05) is 27.7 Å². The summed E-state index contributed by atoms with van der Waals surface area (Å²) >= 11 is 0. The lowest BCUT2D eigenvalue weighted by molar-refractivity contribution is -0.164. The summed E-state index contributed by atoms with van der Waals surface area (Å²) in [5, 5.41) is 0. The molecule has 86 valence electrons. The molecule has 1 atom stereocenters. The maximum Gasteiger partial charge on any atom is 0.316 e. The molecule has 0 aromatic heterocycles. The highest BCUT2D eigenvalue weighted by atomic mass is 16.6. The van der Waals surface area contributed by atoms with Crippen LogP contribution in [0.3, 0.4) is 0 Å². The van der Waals surface area contributed by atoms with E-state index >= 15 is 0 Å². The van der Waals surface area contributed by atoms with Crippen molar-refractivity contribution in [1.29, 1.82) is 0 Å². The van der Waals surface area contributed by atoms with Crippen LogP contribution in [0.4, 0.5) is 0 Å². The molecule has 0 aromatic rings. The van der Waals surface area contributed by atoms with Crippen LogP contribution in [-0.2, 0) is 9.53 Å². The number of carbonyl (C=O) groups excluding carboxylic acids is 1. The number of hydrogen-bond acceptors (Lipinski definition) is 2. The van der Waals surface area contributed by atoms with E-state index in [-0.39, 0.29) is 5.97 Å². The van der Waals surface area contributed by atoms with Gasteiger partial charge in [-0.15, -0.1) is 13.2 Å². The number of allylic oxidation sites excluding steroid dienone is 1. The monoisotopic (exact) mass is 210 g/mol. The topological polar surface area (TPSA) is 26.3 Å². The first-order valence-electron chi connectivity index (χ1n) is 5.29. The zero-order chi connectivity index (χ0) is 12.1. The molecule has 0 N–H and O–H groups in total. The van der Waals surface area contributed by atoms with Crippen molar-refractivity contribution in [2.75, 3.05) is 0 Å². The van der Waals surface area contributed by atoms with Gasteiger partial charge in [0.15, 0.2) is 0 Å². The van der Waals surface area contributed by atoms with E-state index in [4.69, 9.17) is 4.74 Å². The van der Waals surface area contributed by atoms with Gasteiger partial charge in [-0.3, -0.25) is 4.79 Å². The van der Waals surface area contributed by atoms with Crippen molar-refractivity contribution in [2.45, 2.75) is 46.1 Å². The largest absolute Gasteiger partial charge is 0.459 e. The Morgan fingerprint density at radius 2 is 1.87 bits per heavy atom. The van der Waals surface area contributed by atoms with Crippen molar-refractivity contribution >= 4 is 5.97 Å². The van der Waals surface area contributed by atoms with Crippen molar-refractivity contribution in [1.82, 2.24) is 0 Å². The van der Waals surface area contributed by atoms with Gasteiger partial charge in [-0.1, -0.05) is 19.1 Å². The predicted octanol–water partition coefficient (Wildman–Crippen LogP) is 3.49. The van der Waals surface area contributed by atoms with Crippen LogP contribution in [0.15, 0.2) is 25.3 Å². The number of ether oxygens (including phenoxy) is 1. The third kappa shape index (κ3) is 3.90. The van der Waals surface area contributed by atoms with E-state index < -0.39 is 11.0 Å². The molecule has 0 spiro atoms. The van der Waals surface area contributed by atoms with E-state index in [1.54, 1.807) is 12.2 Å². The van der Waals surface area contributed by atoms with Gasteiger partial charge < -0.3 is 4.74 Å². The zero-order valence-corrected chi connectivity index (χ0v) is 10.3. The average Bonchev–Trinajstić information content (AvgIpc) is 2.11. The quantitative estimate of drug-likeness (QED) is 0.513. The Morgan fingerprint density at radius 1 is 1.33 bits per heavy atom. The second-order valence-corrected chi connectivity index (χ2v) is 4.71. The minimum Gasteiger partial charge on any atom is -0.459 e. The first-order chi connectivity index (χ1) is 6.81. The van der Waals surface area contributed by atoms with Crippen molar-refractivity contribution in [3.8, 4) is 0 Å². The van der Waals surface area contributed by atoms with Gasteiger partial charge in [0.25, 0.3) is 0 Å². The van der Waals surface area contributed by atoms with Crippen LogP contribution in [0, 0.1) is 5.41 Å². The number of rotatable bonds is 5. The van der Waals surface area contributed by atoms with Crippen molar-refractivity contribution in [3.05, 3.63) is 25.3 Å². The molecular formula is C13H22O2. The van der Waals surface area contributed by atoms with Gasteiger partial charge in [0.1, 0.15) is 5.60 Å². The molecule has 0 radical (unpaired) electrons. The molecule has 2 heteroatoms. The Kier molecular flexibility index (Phi) is 4.79. The smallest absolute Gasteiger partial charge is 0.316 e. The van der Waals surface area contributed by atoms with E-state index in [1.165, 1.54) is 0 Å². The molecule has 0 aliphatic heterocycles. The van der Waals surface area contributed by atoms with Gasteiger partial charge in [-0.2, -0.15) is 0 Å². The highest BCUT2D eigenvalue weighted by Gasteiger charge is 2.36. The molecule has 0 aromatic carbocycles. The van der Waals surface area contributed by atoms with Crippen molar-refractivity contribution in [2.24, 2.45) is 5.41 Å². The van der Waals surface area contributed by atoms with Crippen LogP contribution in [0.25, 0.3) is 0 Å². The van der Waals surface area contributed by atoms with Crippen LogP contribution >= 0.6 is 0 Å². The zero-order valence-electron chi connectivity index (χ0n) is 10.3. The van der Waals surface area contributed by atoms with Gasteiger partial charge in [-0.25, -0.2) is 0 Å². The van der Waals surface area contributed by atoms with Gasteiger partial charge in [0, 0.05) is 0 Å². The summed E-state index contributed by atoms with van der Waals surface area (Å²) in [5.74, 6) is -0.215. The van der Waals surface area contributed by atoms with E-state index in [9.17, 15) is 4.79 Å². The fraction of sp³-hybridized carbons (Fsp3) is 0.615. The summed E-state index contributed by atoms with van der Waals surface area (Å²) in [4.78, 5) is 12.0. The second kappa shape index (κ2) is 5.15. The summed E-state index contributed by atoms with van der Waals surface area (Å²) in [6.45, 7) is 14.9. The predicted molar refractivity (Wildman–Crippen MR) is 63.6 cm³/mol. The highest BCUT2D eigenvalue weighted by molar-refractivity contribution is 5.79. The van der Waals surface area contributed by atoms with Crippen LogP contribution < -0.4 is 0 Å². The van der Waals surface area contributed by atoms with Gasteiger partial charge in [0.2, 0.25) is 0 Å². The first kappa shape index (κ1) is 13.9. The maximum atomic E-state index is 12.0. The Balaban J connectivity index is 4.84. The van der Waals surface area contributed by atoms with Gasteiger partial charge >= 0.3 is 5.97 Å². The Bertz CT molecular complexity index is 248. The van der Waals surface area contributed by atoms with Crippen LogP contribution in [0.1, 0.15) is 40.5 Å². The number of hydrogen-bond donors (Lipinski definition) is 0. The average molecular weight is 210 g/mol. The molecule has 0 amide bonds. The highest BCUT2D eigenvalue weighted by Crippen LogP contribution is 2.31. The van der Waals surface area contributed by atoms with Gasteiger partial charge in [0.05, 0.1) is 5.41 Å². The Morgan fingerprint density at radius 3 is 2.13 bits per heavy atom. The van der Waals surface area contributed by atoms with Crippen LogP contribution in [-0.4, -0.2) is 11.6 Å². The molecule has 15 heavy (non-hydrogen) atoms. The molecule has 0 saturated heterocycles.